The van der Waals surface area contributed by atoms with Gasteiger partial charge in [-0.1, -0.05) is 4.98 Å². The minimum absolute atomic E-state index is 0.0122. The molecule has 0 aliphatic carbocycles. The molecule has 2 aromatic heterocycles. The number of phosphoric acid groups is 1. The summed E-state index contributed by atoms with van der Waals surface area (Å²) in [5, 5.41) is 10.8. The lowest BCUT2D eigenvalue weighted by Gasteiger charge is -2.20. The Kier molecular flexibility index (Phi) is 7.01. The quantitative estimate of drug-likeness (QED) is 0.170. The van der Waals surface area contributed by atoms with Crippen LogP contribution < -0.4 is 15.9 Å². The van der Waals surface area contributed by atoms with Crippen molar-refractivity contribution >= 4 is 43.5 Å². The van der Waals surface area contributed by atoms with E-state index >= 15 is 0 Å². The number of aliphatic hydroxyl groups is 1. The number of nitrogens with one attached hydrogen (secondary N) is 1. The number of H-pyrrole nitrogens is 1. The van der Waals surface area contributed by atoms with Gasteiger partial charge in [0, 0.05) is 13.0 Å². The minimum atomic E-state index is -4.91. The van der Waals surface area contributed by atoms with Crippen LogP contribution >= 0.6 is 14.5 Å². The third-order valence-electron chi connectivity index (χ3n) is 4.56. The van der Waals surface area contributed by atoms with Crippen LogP contribution in [0.1, 0.15) is 6.23 Å². The first-order valence-corrected chi connectivity index (χ1v) is 12.8. The van der Waals surface area contributed by atoms with Crippen LogP contribution in [-0.2, 0) is 41.7 Å². The molecule has 31 heavy (non-hydrogen) atoms. The summed E-state index contributed by atoms with van der Waals surface area (Å²) in [5.41, 5.74) is 5.46. The van der Waals surface area contributed by atoms with E-state index in [-0.39, 0.29) is 23.7 Å². The number of nitrogen functional groups attached to an aromatic ring is 1. The van der Waals surface area contributed by atoms with Crippen LogP contribution in [0.5, 0.6) is 0 Å². The van der Waals surface area contributed by atoms with Crippen molar-refractivity contribution in [1.82, 2.24) is 14.5 Å². The highest BCUT2D eigenvalue weighted by Gasteiger charge is 2.48. The molecule has 1 fully saturated rings. The van der Waals surface area contributed by atoms with E-state index in [1.165, 1.54) is 22.6 Å². The summed E-state index contributed by atoms with van der Waals surface area (Å²) in [6, 6.07) is 0. The lowest BCUT2D eigenvalue weighted by Crippen LogP contribution is -2.45. The van der Waals surface area contributed by atoms with Crippen LogP contribution in [-0.4, -0.2) is 66.9 Å². The van der Waals surface area contributed by atoms with Gasteiger partial charge < -0.3 is 35.0 Å². The number of rotatable bonds is 8. The maximum Gasteiger partial charge on any atom is 0.479 e. The van der Waals surface area contributed by atoms with E-state index in [0.717, 1.165) is 0 Å². The fourth-order valence-electron chi connectivity index (χ4n) is 3.36. The number of hydrogen-bond donors (Lipinski definition) is 6. The Hall–Kier alpha value is -1.29. The molecule has 0 radical (unpaired) electrons. The van der Waals surface area contributed by atoms with Gasteiger partial charge in [-0.2, -0.15) is 0 Å². The molecule has 1 saturated heterocycles. The molecule has 2 aromatic rings. The maximum absolute atomic E-state index is 12.2. The Labute approximate surface area is 179 Å². The van der Waals surface area contributed by atoms with Crippen molar-refractivity contribution in [3.8, 4) is 0 Å². The first-order chi connectivity index (χ1) is 14.3. The lowest BCUT2D eigenvalue weighted by molar-refractivity contribution is -0.745. The summed E-state index contributed by atoms with van der Waals surface area (Å²) in [6.45, 7) is -5.05. The van der Waals surface area contributed by atoms with E-state index in [1.54, 1.807) is 7.05 Å². The van der Waals surface area contributed by atoms with Gasteiger partial charge in [-0.3, -0.25) is 18.9 Å². The summed E-state index contributed by atoms with van der Waals surface area (Å²) in [4.78, 5) is 46.4. The Bertz CT molecular complexity index is 1120. The van der Waals surface area contributed by atoms with Crippen LogP contribution in [0.3, 0.4) is 0 Å². The molecule has 0 amide bonds. The van der Waals surface area contributed by atoms with Crippen LogP contribution in [0, 0.1) is 5.92 Å². The van der Waals surface area contributed by atoms with Crippen molar-refractivity contribution in [2.75, 3.05) is 26.1 Å². The number of anilines is 1. The summed E-state index contributed by atoms with van der Waals surface area (Å²) in [5.74, 6) is -0.872. The van der Waals surface area contributed by atoms with Gasteiger partial charge in [-0.25, -0.2) is 13.4 Å². The largest absolute Gasteiger partial charge is 0.479 e. The number of methoxy groups -OCH3 is 1. The fourth-order valence-corrected chi connectivity index (χ4v) is 5.72. The van der Waals surface area contributed by atoms with Crippen molar-refractivity contribution in [2.45, 2.75) is 18.4 Å². The van der Waals surface area contributed by atoms with E-state index < -0.39 is 51.1 Å². The second kappa shape index (κ2) is 8.92. The van der Waals surface area contributed by atoms with Crippen molar-refractivity contribution in [3.63, 3.8) is 0 Å². The van der Waals surface area contributed by atoms with Gasteiger partial charge in [0.05, 0.1) is 26.4 Å². The Morgan fingerprint density at radius 3 is 2.71 bits per heavy atom. The maximum atomic E-state index is 12.2. The number of ether oxygens (including phenoxy) is 2. The normalized spacial score (nSPS) is 26.4. The first-order valence-electron chi connectivity index (χ1n) is 8.65. The monoisotopic (exact) mass is 502 g/mol. The van der Waals surface area contributed by atoms with Gasteiger partial charge in [0.25, 0.3) is 11.5 Å². The van der Waals surface area contributed by atoms with E-state index in [9.17, 15) is 19.4 Å². The SMILES string of the molecule is COC[C@H]1[C@@H](O)[C@H]([n+]2cn(C)c3c(=O)[nH]c(N)nc32)O[C@@H]1COP(=O)(O)OP(O)(O)=S. The van der Waals surface area contributed by atoms with E-state index in [4.69, 9.17) is 29.5 Å². The number of imidazole rings is 1. The zero-order chi connectivity index (χ0) is 23.1. The molecular weight excluding hydrogens is 480 g/mol. The number of aromatic amines is 1. The highest BCUT2D eigenvalue weighted by Crippen LogP contribution is 2.58. The topological polar surface area (TPSA) is 215 Å². The van der Waals surface area contributed by atoms with E-state index in [0.29, 0.717) is 0 Å². The molecule has 3 rings (SSSR count). The molecular formula is C13H22N5O10P2S+. The highest BCUT2D eigenvalue weighted by atomic mass is 32.5. The smallest absolute Gasteiger partial charge is 0.386 e. The molecule has 1 aliphatic rings. The van der Waals surface area contributed by atoms with Crippen LogP contribution in [0.15, 0.2) is 11.1 Å². The summed E-state index contributed by atoms with van der Waals surface area (Å²) < 4.78 is 34.5. The number of phosphoric ester groups is 1. The van der Waals surface area contributed by atoms with Crippen LogP contribution in [0.2, 0.25) is 0 Å². The third-order valence-corrected chi connectivity index (χ3v) is 7.31. The average Bonchev–Trinajstić information content (AvgIpc) is 3.09. The highest BCUT2D eigenvalue weighted by molar-refractivity contribution is 8.08. The molecule has 15 nitrogen and oxygen atoms in total. The zero-order valence-corrected chi connectivity index (χ0v) is 18.9. The van der Waals surface area contributed by atoms with Gasteiger partial charge in [0.15, 0.2) is 6.33 Å². The minimum Gasteiger partial charge on any atom is -0.386 e. The van der Waals surface area contributed by atoms with Crippen molar-refractivity contribution in [2.24, 2.45) is 13.0 Å². The molecule has 0 bridgehead atoms. The molecule has 0 spiro atoms. The van der Waals surface area contributed by atoms with Gasteiger partial charge in [-0.05, 0) is 11.8 Å². The Morgan fingerprint density at radius 2 is 2.10 bits per heavy atom. The molecule has 0 saturated carbocycles. The van der Waals surface area contributed by atoms with Gasteiger partial charge >= 0.3 is 20.2 Å². The van der Waals surface area contributed by atoms with E-state index in [2.05, 4.69) is 26.1 Å². The molecule has 1 aliphatic heterocycles. The van der Waals surface area contributed by atoms with E-state index in [1.807, 2.05) is 0 Å². The van der Waals surface area contributed by atoms with Crippen molar-refractivity contribution in [3.05, 3.63) is 16.7 Å². The number of nitrogens with zero attached hydrogens (tertiary/aromatic N) is 3. The number of aryl methyl sites for hydroxylation is 1. The fraction of sp³-hybridized carbons (Fsp3) is 0.615. The van der Waals surface area contributed by atoms with Crippen LogP contribution in [0.25, 0.3) is 11.2 Å². The molecule has 174 valence electrons. The third kappa shape index (κ3) is 5.38. The molecule has 7 N–H and O–H groups in total. The lowest BCUT2D eigenvalue weighted by atomic mass is 9.99. The number of hydrogen-bond acceptors (Lipinski definition) is 10. The van der Waals surface area contributed by atoms with Crippen molar-refractivity contribution < 1.29 is 47.2 Å². The molecule has 18 heteroatoms. The average molecular weight is 502 g/mol. The number of fused-ring (bicyclic) bond motifs is 1. The first kappa shape index (κ1) is 24.4. The number of nitrogens with two attached hydrogens (primary N) is 1. The molecule has 1 unspecified atom stereocenters. The number of aromatic nitrogens is 4. The van der Waals surface area contributed by atoms with Gasteiger partial charge in [0.2, 0.25) is 11.7 Å². The predicted molar refractivity (Wildman–Crippen MR) is 107 cm³/mol. The second-order valence-electron chi connectivity index (χ2n) is 6.77. The Morgan fingerprint density at radius 1 is 1.42 bits per heavy atom. The number of aliphatic hydroxyl groups excluding tert-OH is 1. The summed E-state index contributed by atoms with van der Waals surface area (Å²) in [7, 11) is -1.94. The molecule has 5 atom stereocenters. The van der Waals surface area contributed by atoms with Gasteiger partial charge in [-0.15, -0.1) is 0 Å². The zero-order valence-electron chi connectivity index (χ0n) is 16.3. The standard InChI is InChI=1S/C13H21N5O10P2S/c1-17-5-18(10-8(17)11(20)16-13(14)15-10)12-9(19)6(3-25-2)7(27-12)4-26-29(21,22)28-30(23,24)31/h5-7,9,12,19H,3-4H2,1-2H3,(H5-,14,15,16,20,21,22,23,24,31)/p+1/t6-,7-,9-,12-/m1/s1. The Balaban J connectivity index is 1.89. The molecule has 3 heterocycles. The van der Waals surface area contributed by atoms with Crippen LogP contribution in [0.4, 0.5) is 5.95 Å². The second-order valence-corrected chi connectivity index (χ2v) is 11.0. The molecule has 0 aromatic carbocycles. The summed E-state index contributed by atoms with van der Waals surface area (Å²) in [6.07, 6.45) is -1.79. The predicted octanol–water partition coefficient (Wildman–Crippen LogP) is -2.01. The van der Waals surface area contributed by atoms with Gasteiger partial charge in [0.1, 0.15) is 6.10 Å². The summed E-state index contributed by atoms with van der Waals surface area (Å²) >= 11 is 4.16. The van der Waals surface area contributed by atoms with Crippen molar-refractivity contribution in [1.29, 1.82) is 0 Å².